The van der Waals surface area contributed by atoms with Crippen molar-refractivity contribution in [3.63, 3.8) is 0 Å². The van der Waals surface area contributed by atoms with Gasteiger partial charge in [-0.1, -0.05) is 13.3 Å². The van der Waals surface area contributed by atoms with Gasteiger partial charge in [-0.05, 0) is 18.6 Å². The maximum atomic E-state index is 12.6. The van der Waals surface area contributed by atoms with Gasteiger partial charge in [0.2, 0.25) is 11.8 Å². The first-order valence-corrected chi connectivity index (χ1v) is 7.69. The minimum Gasteiger partial charge on any atom is -0.468 e. The van der Waals surface area contributed by atoms with Crippen molar-refractivity contribution in [2.24, 2.45) is 11.8 Å². The molecule has 1 aromatic heterocycles. The van der Waals surface area contributed by atoms with E-state index >= 15 is 0 Å². The number of imide groups is 1. The molecule has 2 amide bonds. The fourth-order valence-corrected chi connectivity index (χ4v) is 3.95. The molecule has 7 heteroatoms. The third-order valence-corrected chi connectivity index (χ3v) is 4.92. The summed E-state index contributed by atoms with van der Waals surface area (Å²) in [5.41, 5.74) is -1.21. The number of esters is 1. The standard InChI is InChI=1S/C16H20N2O5/c1-4-7-16(15(21)22-3)11-10(13(19)18(2)14(11)20)12(17-16)9-6-5-8-23-9/h5-6,8,10-12,17H,4,7H2,1-3H3/t10-,11-,12-,16+/m1/s1. The van der Waals surface area contributed by atoms with Gasteiger partial charge >= 0.3 is 5.97 Å². The zero-order valence-corrected chi connectivity index (χ0v) is 13.4. The zero-order chi connectivity index (χ0) is 16.8. The lowest BCUT2D eigenvalue weighted by molar-refractivity contribution is -0.154. The van der Waals surface area contributed by atoms with Gasteiger partial charge in [0.05, 0.1) is 31.3 Å². The molecule has 2 fully saturated rings. The van der Waals surface area contributed by atoms with Gasteiger partial charge in [-0.2, -0.15) is 0 Å². The van der Waals surface area contributed by atoms with Crippen LogP contribution in [0, 0.1) is 11.8 Å². The molecule has 7 nitrogen and oxygen atoms in total. The van der Waals surface area contributed by atoms with Crippen molar-refractivity contribution >= 4 is 17.8 Å². The molecule has 4 atom stereocenters. The van der Waals surface area contributed by atoms with Crippen molar-refractivity contribution < 1.29 is 23.5 Å². The van der Waals surface area contributed by atoms with E-state index in [-0.39, 0.29) is 11.8 Å². The van der Waals surface area contributed by atoms with Gasteiger partial charge in [-0.3, -0.25) is 24.6 Å². The van der Waals surface area contributed by atoms with Gasteiger partial charge in [-0.15, -0.1) is 0 Å². The molecule has 124 valence electrons. The number of nitrogens with zero attached hydrogens (tertiary/aromatic N) is 1. The maximum absolute atomic E-state index is 12.6. The quantitative estimate of drug-likeness (QED) is 0.654. The zero-order valence-electron chi connectivity index (χ0n) is 13.4. The molecule has 2 aliphatic rings. The summed E-state index contributed by atoms with van der Waals surface area (Å²) < 4.78 is 10.4. The molecule has 0 saturated carbocycles. The van der Waals surface area contributed by atoms with Crippen LogP contribution in [0.1, 0.15) is 31.6 Å². The molecule has 2 saturated heterocycles. The third-order valence-electron chi connectivity index (χ3n) is 4.92. The fourth-order valence-electron chi connectivity index (χ4n) is 3.95. The molecule has 0 radical (unpaired) electrons. The Kier molecular flexibility index (Phi) is 3.75. The second kappa shape index (κ2) is 5.49. The molecule has 0 aliphatic carbocycles. The van der Waals surface area contributed by atoms with Crippen molar-refractivity contribution in [3.8, 4) is 0 Å². The van der Waals surface area contributed by atoms with E-state index < -0.39 is 29.4 Å². The van der Waals surface area contributed by atoms with Gasteiger partial charge in [0.25, 0.3) is 0 Å². The normalized spacial score (nSPS) is 33.2. The molecular weight excluding hydrogens is 300 g/mol. The molecule has 0 spiro atoms. The number of hydrogen-bond acceptors (Lipinski definition) is 6. The molecule has 1 N–H and O–H groups in total. The largest absolute Gasteiger partial charge is 0.468 e. The van der Waals surface area contributed by atoms with Gasteiger partial charge in [-0.25, -0.2) is 0 Å². The summed E-state index contributed by atoms with van der Waals surface area (Å²) in [6.45, 7) is 1.92. The predicted molar refractivity (Wildman–Crippen MR) is 79.0 cm³/mol. The first kappa shape index (κ1) is 15.7. The number of furan rings is 1. The first-order valence-electron chi connectivity index (χ1n) is 7.69. The van der Waals surface area contributed by atoms with Crippen molar-refractivity contribution in [2.75, 3.05) is 14.2 Å². The summed E-state index contributed by atoms with van der Waals surface area (Å²) >= 11 is 0. The number of likely N-dealkylation sites (tertiary alicyclic amines) is 1. The van der Waals surface area contributed by atoms with Crippen LogP contribution in [0.5, 0.6) is 0 Å². The maximum Gasteiger partial charge on any atom is 0.326 e. The summed E-state index contributed by atoms with van der Waals surface area (Å²) in [4.78, 5) is 38.9. The van der Waals surface area contributed by atoms with E-state index in [9.17, 15) is 14.4 Å². The van der Waals surface area contributed by atoms with E-state index in [4.69, 9.17) is 9.15 Å². The summed E-state index contributed by atoms with van der Waals surface area (Å²) in [7, 11) is 2.75. The van der Waals surface area contributed by atoms with Crippen LogP contribution in [0.25, 0.3) is 0 Å². The Hall–Kier alpha value is -2.15. The molecule has 23 heavy (non-hydrogen) atoms. The number of carbonyl (C=O) groups excluding carboxylic acids is 3. The number of methoxy groups -OCH3 is 1. The van der Waals surface area contributed by atoms with E-state index in [0.717, 1.165) is 4.90 Å². The molecule has 0 bridgehead atoms. The van der Waals surface area contributed by atoms with Gasteiger partial charge in [0, 0.05) is 7.05 Å². The van der Waals surface area contributed by atoms with E-state index in [1.165, 1.54) is 20.4 Å². The van der Waals surface area contributed by atoms with Gasteiger partial charge < -0.3 is 9.15 Å². The Morgan fingerprint density at radius 3 is 2.74 bits per heavy atom. The molecule has 3 heterocycles. The number of fused-ring (bicyclic) bond motifs is 1. The van der Waals surface area contributed by atoms with Crippen LogP contribution in [0.2, 0.25) is 0 Å². The minimum absolute atomic E-state index is 0.296. The van der Waals surface area contributed by atoms with Crippen molar-refractivity contribution in [2.45, 2.75) is 31.3 Å². The average Bonchev–Trinajstić information content (AvgIpc) is 3.22. The van der Waals surface area contributed by atoms with Crippen LogP contribution in [0.3, 0.4) is 0 Å². The molecule has 2 aliphatic heterocycles. The number of nitrogens with one attached hydrogen (secondary N) is 1. The fraction of sp³-hybridized carbons (Fsp3) is 0.562. The minimum atomic E-state index is -1.21. The molecule has 1 aromatic rings. The van der Waals surface area contributed by atoms with Crippen LogP contribution in [-0.4, -0.2) is 42.4 Å². The first-order chi connectivity index (χ1) is 11.0. The summed E-state index contributed by atoms with van der Waals surface area (Å²) in [6.07, 6.45) is 2.58. The Morgan fingerprint density at radius 1 is 1.43 bits per heavy atom. The predicted octanol–water partition coefficient (Wildman–Crippen LogP) is 0.867. The second-order valence-electron chi connectivity index (χ2n) is 6.09. The highest BCUT2D eigenvalue weighted by Gasteiger charge is 2.68. The Balaban J connectivity index is 2.13. The summed E-state index contributed by atoms with van der Waals surface area (Å²) in [5, 5.41) is 3.21. The van der Waals surface area contributed by atoms with E-state index in [2.05, 4.69) is 5.32 Å². The second-order valence-corrected chi connectivity index (χ2v) is 6.09. The number of carbonyl (C=O) groups is 3. The highest BCUT2D eigenvalue weighted by molar-refractivity contribution is 6.09. The summed E-state index contributed by atoms with van der Waals surface area (Å²) in [6, 6.07) is 2.93. The monoisotopic (exact) mass is 320 g/mol. The van der Waals surface area contributed by atoms with E-state index in [0.29, 0.717) is 18.6 Å². The summed E-state index contributed by atoms with van der Waals surface area (Å²) in [5.74, 6) is -2.05. The Labute approximate surface area is 134 Å². The van der Waals surface area contributed by atoms with Crippen molar-refractivity contribution in [1.29, 1.82) is 0 Å². The lowest BCUT2D eigenvalue weighted by Crippen LogP contribution is -2.55. The SMILES string of the molecule is CCC[C@]1(C(=O)OC)N[C@H](c2ccco2)[C@@H]2C(=O)N(C)C(=O)[C@@H]21. The number of ether oxygens (including phenoxy) is 1. The average molecular weight is 320 g/mol. The van der Waals surface area contributed by atoms with E-state index in [1.807, 2.05) is 6.92 Å². The van der Waals surface area contributed by atoms with Crippen LogP contribution < -0.4 is 5.32 Å². The Morgan fingerprint density at radius 2 is 2.17 bits per heavy atom. The molecule has 0 unspecified atom stereocenters. The van der Waals surface area contributed by atoms with E-state index in [1.54, 1.807) is 12.1 Å². The van der Waals surface area contributed by atoms with Crippen molar-refractivity contribution in [1.82, 2.24) is 10.2 Å². The van der Waals surface area contributed by atoms with Crippen LogP contribution in [0.4, 0.5) is 0 Å². The molecule has 0 aromatic carbocycles. The number of amides is 2. The number of hydrogen-bond donors (Lipinski definition) is 1. The lowest BCUT2D eigenvalue weighted by atomic mass is 9.77. The highest BCUT2D eigenvalue weighted by atomic mass is 16.5. The third kappa shape index (κ3) is 2.03. The van der Waals surface area contributed by atoms with Gasteiger partial charge in [0.1, 0.15) is 11.3 Å². The van der Waals surface area contributed by atoms with Crippen LogP contribution >= 0.6 is 0 Å². The van der Waals surface area contributed by atoms with Crippen LogP contribution in [-0.2, 0) is 19.1 Å². The smallest absolute Gasteiger partial charge is 0.326 e. The van der Waals surface area contributed by atoms with Crippen molar-refractivity contribution in [3.05, 3.63) is 24.2 Å². The lowest BCUT2D eigenvalue weighted by Gasteiger charge is -2.31. The molecule has 3 rings (SSSR count). The highest BCUT2D eigenvalue weighted by Crippen LogP contribution is 2.50. The topological polar surface area (TPSA) is 88.8 Å². The number of rotatable bonds is 4. The Bertz CT molecular complexity index is 641. The molecular formula is C16H20N2O5. The van der Waals surface area contributed by atoms with Gasteiger partial charge in [0.15, 0.2) is 0 Å². The van der Waals surface area contributed by atoms with Crippen LogP contribution in [0.15, 0.2) is 22.8 Å².